The summed E-state index contributed by atoms with van der Waals surface area (Å²) in [5.41, 5.74) is 1.71. The van der Waals surface area contributed by atoms with Gasteiger partial charge in [-0.25, -0.2) is 0 Å². The molecule has 32 heavy (non-hydrogen) atoms. The van der Waals surface area contributed by atoms with E-state index in [0.717, 1.165) is 10.5 Å². The van der Waals surface area contributed by atoms with Crippen molar-refractivity contribution in [3.8, 4) is 0 Å². The first kappa shape index (κ1) is 23.5. The molecule has 1 aliphatic rings. The third kappa shape index (κ3) is 5.19. The number of hydrogen-bond donors (Lipinski definition) is 0. The quantitative estimate of drug-likeness (QED) is 0.363. The monoisotopic (exact) mass is 453 g/mol. The van der Waals surface area contributed by atoms with E-state index in [9.17, 15) is 19.7 Å². The topological polar surface area (TPSA) is 83.8 Å². The first-order valence-electron chi connectivity index (χ1n) is 10.5. The minimum Gasteiger partial charge on any atom is -0.339 e. The predicted octanol–water partition coefficient (Wildman–Crippen LogP) is 4.57. The summed E-state index contributed by atoms with van der Waals surface area (Å²) in [4.78, 5) is 40.6. The number of hydrogen-bond acceptors (Lipinski definition) is 5. The van der Waals surface area contributed by atoms with Crippen molar-refractivity contribution in [2.45, 2.75) is 36.5 Å². The Hall–Kier alpha value is -3.13. The zero-order valence-electron chi connectivity index (χ0n) is 18.5. The number of nitro benzene ring substituents is 1. The number of carbonyl (C=O) groups is 2. The predicted molar refractivity (Wildman–Crippen MR) is 126 cm³/mol. The summed E-state index contributed by atoms with van der Waals surface area (Å²) in [5, 5.41) is 11.8. The fraction of sp³-hybridized carbons (Fsp3) is 0.333. The summed E-state index contributed by atoms with van der Waals surface area (Å²) in [5.74, 6) is 0.00429. The van der Waals surface area contributed by atoms with E-state index in [1.165, 1.54) is 24.8 Å². The van der Waals surface area contributed by atoms with Crippen molar-refractivity contribution in [1.82, 2.24) is 9.80 Å². The largest absolute Gasteiger partial charge is 0.339 e. The molecule has 0 unspecified atom stereocenters. The minimum absolute atomic E-state index is 0.0151. The van der Waals surface area contributed by atoms with Crippen LogP contribution in [-0.4, -0.2) is 52.7 Å². The number of nitrogens with zero attached hydrogens (tertiary/aromatic N) is 3. The van der Waals surface area contributed by atoms with E-state index in [2.05, 4.69) is 20.4 Å². The minimum atomic E-state index is -0.423. The zero-order chi connectivity index (χ0) is 23.4. The summed E-state index contributed by atoms with van der Waals surface area (Å²) in [7, 11) is 0. The molecule has 1 saturated heterocycles. The van der Waals surface area contributed by atoms with Crippen LogP contribution in [0, 0.1) is 10.1 Å². The van der Waals surface area contributed by atoms with Crippen molar-refractivity contribution in [3.05, 3.63) is 70.3 Å². The van der Waals surface area contributed by atoms with Gasteiger partial charge in [0.1, 0.15) is 0 Å². The molecule has 0 spiro atoms. The normalized spacial score (nSPS) is 13.9. The van der Waals surface area contributed by atoms with Crippen LogP contribution in [0.15, 0.2) is 58.8 Å². The molecule has 2 aromatic rings. The molecule has 0 N–H and O–H groups in total. The Morgan fingerprint density at radius 1 is 1.03 bits per heavy atom. The van der Waals surface area contributed by atoms with Crippen molar-refractivity contribution in [3.63, 3.8) is 0 Å². The first-order valence-corrected chi connectivity index (χ1v) is 11.3. The van der Waals surface area contributed by atoms with Gasteiger partial charge in [0.25, 0.3) is 11.6 Å². The lowest BCUT2D eigenvalue weighted by molar-refractivity contribution is -0.387. The van der Waals surface area contributed by atoms with Gasteiger partial charge < -0.3 is 9.80 Å². The second kappa shape index (κ2) is 9.99. The summed E-state index contributed by atoms with van der Waals surface area (Å²) in [6, 6.07) is 12.7. The molecular formula is C24H27N3O4S. The van der Waals surface area contributed by atoms with Gasteiger partial charge in [0.15, 0.2) is 0 Å². The highest BCUT2D eigenvalue weighted by Gasteiger charge is 2.26. The molecule has 8 heteroatoms. The Balaban J connectivity index is 1.82. The molecule has 0 bridgehead atoms. The number of benzene rings is 2. The van der Waals surface area contributed by atoms with E-state index < -0.39 is 4.92 Å². The second-order valence-electron chi connectivity index (χ2n) is 8.01. The van der Waals surface area contributed by atoms with E-state index in [4.69, 9.17) is 0 Å². The van der Waals surface area contributed by atoms with E-state index >= 15 is 0 Å². The van der Waals surface area contributed by atoms with Crippen molar-refractivity contribution < 1.29 is 14.5 Å². The SMILES string of the molecule is C=C(C(=O)N1CCN(C(C)=O)CC1)c1ccc(Sc2ccccc2C(C)C)c([N+](=O)[O-])c1. The standard InChI is InChI=1S/C24H27N3O4S/c1-16(2)20-7-5-6-8-22(20)32-23-10-9-19(15-21(23)27(30)31)17(3)24(29)26-13-11-25(12-14-26)18(4)28/h5-10,15-16H,3,11-14H2,1-2,4H3. The molecule has 1 aliphatic heterocycles. The van der Waals surface area contributed by atoms with Crippen LogP contribution in [-0.2, 0) is 9.59 Å². The Labute approximate surface area is 192 Å². The van der Waals surface area contributed by atoms with Gasteiger partial charge in [-0.1, -0.05) is 56.5 Å². The highest BCUT2D eigenvalue weighted by Crippen LogP contribution is 2.39. The molecule has 3 rings (SSSR count). The Morgan fingerprint density at radius 2 is 1.66 bits per heavy atom. The number of nitro groups is 1. The summed E-state index contributed by atoms with van der Waals surface area (Å²) < 4.78 is 0. The van der Waals surface area contributed by atoms with Crippen LogP contribution in [0.2, 0.25) is 0 Å². The third-order valence-corrected chi connectivity index (χ3v) is 6.69. The van der Waals surface area contributed by atoms with Crippen molar-refractivity contribution in [1.29, 1.82) is 0 Å². The summed E-state index contributed by atoms with van der Waals surface area (Å²) in [6.45, 7) is 11.4. The maximum atomic E-state index is 12.9. The van der Waals surface area contributed by atoms with Gasteiger partial charge in [0.2, 0.25) is 5.91 Å². The lowest BCUT2D eigenvalue weighted by Crippen LogP contribution is -2.50. The molecule has 0 radical (unpaired) electrons. The maximum absolute atomic E-state index is 12.9. The van der Waals surface area contributed by atoms with Gasteiger partial charge in [0.05, 0.1) is 9.82 Å². The van der Waals surface area contributed by atoms with Crippen LogP contribution in [0.1, 0.15) is 37.8 Å². The molecule has 0 aromatic heterocycles. The average molecular weight is 454 g/mol. The Kier molecular flexibility index (Phi) is 7.35. The van der Waals surface area contributed by atoms with E-state index in [0.29, 0.717) is 36.6 Å². The van der Waals surface area contributed by atoms with E-state index in [-0.39, 0.29) is 29.0 Å². The van der Waals surface area contributed by atoms with Crippen LogP contribution >= 0.6 is 11.8 Å². The maximum Gasteiger partial charge on any atom is 0.283 e. The zero-order valence-corrected chi connectivity index (χ0v) is 19.4. The summed E-state index contributed by atoms with van der Waals surface area (Å²) >= 11 is 1.35. The number of carbonyl (C=O) groups excluding carboxylic acids is 2. The molecule has 0 atom stereocenters. The van der Waals surface area contributed by atoms with Gasteiger partial charge in [0, 0.05) is 49.6 Å². The number of piperazine rings is 1. The van der Waals surface area contributed by atoms with Gasteiger partial charge in [-0.15, -0.1) is 0 Å². The molecule has 0 aliphatic carbocycles. The molecular weight excluding hydrogens is 426 g/mol. The van der Waals surface area contributed by atoms with Gasteiger partial charge in [-0.05, 0) is 29.2 Å². The fourth-order valence-corrected chi connectivity index (χ4v) is 4.82. The van der Waals surface area contributed by atoms with Crippen LogP contribution in [0.25, 0.3) is 5.57 Å². The lowest BCUT2D eigenvalue weighted by Gasteiger charge is -2.34. The van der Waals surface area contributed by atoms with Crippen LogP contribution < -0.4 is 0 Å². The molecule has 168 valence electrons. The van der Waals surface area contributed by atoms with E-state index in [1.807, 2.05) is 24.3 Å². The Morgan fingerprint density at radius 3 is 2.25 bits per heavy atom. The first-order chi connectivity index (χ1) is 15.2. The molecule has 7 nitrogen and oxygen atoms in total. The second-order valence-corrected chi connectivity index (χ2v) is 9.09. The van der Waals surface area contributed by atoms with Crippen LogP contribution in [0.3, 0.4) is 0 Å². The molecule has 2 aromatic carbocycles. The summed E-state index contributed by atoms with van der Waals surface area (Å²) in [6.07, 6.45) is 0. The van der Waals surface area contributed by atoms with Crippen LogP contribution in [0.5, 0.6) is 0 Å². The van der Waals surface area contributed by atoms with Gasteiger partial charge >= 0.3 is 0 Å². The molecule has 1 fully saturated rings. The highest BCUT2D eigenvalue weighted by molar-refractivity contribution is 7.99. The van der Waals surface area contributed by atoms with Crippen LogP contribution in [0.4, 0.5) is 5.69 Å². The van der Waals surface area contributed by atoms with Crippen molar-refractivity contribution in [2.75, 3.05) is 26.2 Å². The van der Waals surface area contributed by atoms with E-state index in [1.54, 1.807) is 21.9 Å². The Bertz CT molecular complexity index is 1060. The lowest BCUT2D eigenvalue weighted by atomic mass is 10.0. The highest BCUT2D eigenvalue weighted by atomic mass is 32.2. The average Bonchev–Trinajstić information content (AvgIpc) is 2.78. The number of amides is 2. The fourth-order valence-electron chi connectivity index (χ4n) is 3.64. The van der Waals surface area contributed by atoms with Crippen molar-refractivity contribution in [2.24, 2.45) is 0 Å². The molecule has 2 amide bonds. The molecule has 1 heterocycles. The van der Waals surface area contributed by atoms with Gasteiger partial charge in [-0.2, -0.15) is 0 Å². The van der Waals surface area contributed by atoms with Gasteiger partial charge in [-0.3, -0.25) is 19.7 Å². The third-order valence-electron chi connectivity index (χ3n) is 5.54. The van der Waals surface area contributed by atoms with Crippen molar-refractivity contribution >= 4 is 34.8 Å². The number of rotatable bonds is 6. The smallest absolute Gasteiger partial charge is 0.283 e. The molecule has 0 saturated carbocycles.